The molecule has 0 aliphatic carbocycles. The number of halogens is 3. The number of carbonyl (C=O) groups excluding carboxylic acids is 1. The van der Waals surface area contributed by atoms with Crippen LogP contribution in [0.2, 0.25) is 0 Å². The number of nitrogens with zero attached hydrogens (tertiary/aromatic N) is 1. The Balaban J connectivity index is 1.73. The minimum Gasteiger partial charge on any atom is -0.379 e. The van der Waals surface area contributed by atoms with Crippen LogP contribution in [0.25, 0.3) is 11.1 Å². The smallest absolute Gasteiger partial charge is 0.379 e. The Morgan fingerprint density at radius 3 is 2.39 bits per heavy atom. The molecule has 3 rings (SSSR count). The van der Waals surface area contributed by atoms with Gasteiger partial charge in [0.05, 0.1) is 18.8 Å². The van der Waals surface area contributed by atoms with Crippen molar-refractivity contribution in [3.8, 4) is 11.1 Å². The van der Waals surface area contributed by atoms with Crippen molar-refractivity contribution in [3.05, 3.63) is 59.7 Å². The minimum absolute atomic E-state index is 0.0636. The second-order valence-electron chi connectivity index (χ2n) is 6.91. The average Bonchev–Trinajstić information content (AvgIpc) is 2.68. The van der Waals surface area contributed by atoms with Gasteiger partial charge in [-0.05, 0) is 36.2 Å². The van der Waals surface area contributed by atoms with Crippen LogP contribution in [0.15, 0.2) is 48.5 Å². The van der Waals surface area contributed by atoms with Crippen molar-refractivity contribution in [2.24, 2.45) is 0 Å². The fourth-order valence-corrected chi connectivity index (χ4v) is 3.29. The van der Waals surface area contributed by atoms with Crippen molar-refractivity contribution in [1.29, 1.82) is 0 Å². The fraction of sp³-hybridized carbons (Fsp3) is 0.381. The van der Waals surface area contributed by atoms with Gasteiger partial charge in [-0.2, -0.15) is 13.2 Å². The Morgan fingerprint density at radius 2 is 1.75 bits per heavy atom. The molecule has 1 aliphatic heterocycles. The number of rotatable bonds is 5. The number of morpholine rings is 1. The first-order chi connectivity index (χ1) is 13.3. The number of ether oxygens (including phenoxy) is 1. The van der Waals surface area contributed by atoms with Crippen LogP contribution in [0.5, 0.6) is 0 Å². The summed E-state index contributed by atoms with van der Waals surface area (Å²) >= 11 is 0. The molecule has 1 N–H and O–H groups in total. The molecule has 1 amide bonds. The van der Waals surface area contributed by atoms with E-state index in [2.05, 4.69) is 10.2 Å². The van der Waals surface area contributed by atoms with Crippen molar-refractivity contribution in [1.82, 2.24) is 10.2 Å². The molecule has 150 valence electrons. The maximum absolute atomic E-state index is 12.8. The molecular weight excluding hydrogens is 369 g/mol. The minimum atomic E-state index is -4.38. The number of alkyl halides is 3. The number of nitrogens with one attached hydrogen (secondary N) is 1. The molecule has 0 radical (unpaired) electrons. The van der Waals surface area contributed by atoms with Crippen molar-refractivity contribution < 1.29 is 22.7 Å². The van der Waals surface area contributed by atoms with Crippen LogP contribution in [0.3, 0.4) is 0 Å². The molecule has 1 heterocycles. The summed E-state index contributed by atoms with van der Waals surface area (Å²) in [5.41, 5.74) is 0.903. The molecule has 1 atom stereocenters. The van der Waals surface area contributed by atoms with Crippen LogP contribution < -0.4 is 5.32 Å². The van der Waals surface area contributed by atoms with Gasteiger partial charge in [-0.1, -0.05) is 30.3 Å². The van der Waals surface area contributed by atoms with Crippen molar-refractivity contribution in [2.45, 2.75) is 19.1 Å². The van der Waals surface area contributed by atoms with Crippen LogP contribution in [0.4, 0.5) is 13.2 Å². The van der Waals surface area contributed by atoms with E-state index in [1.54, 1.807) is 24.3 Å². The summed E-state index contributed by atoms with van der Waals surface area (Å²) in [7, 11) is 0. The Hall–Kier alpha value is -2.38. The lowest BCUT2D eigenvalue weighted by Gasteiger charge is -2.29. The number of hydrogen-bond acceptors (Lipinski definition) is 3. The van der Waals surface area contributed by atoms with Gasteiger partial charge in [0.15, 0.2) is 0 Å². The van der Waals surface area contributed by atoms with Crippen molar-refractivity contribution >= 4 is 5.91 Å². The van der Waals surface area contributed by atoms with Gasteiger partial charge in [0.2, 0.25) is 0 Å². The normalized spacial score (nSPS) is 16.6. The number of amides is 1. The van der Waals surface area contributed by atoms with Gasteiger partial charge in [-0.15, -0.1) is 0 Å². The largest absolute Gasteiger partial charge is 0.416 e. The molecule has 2 aromatic rings. The van der Waals surface area contributed by atoms with Crippen LogP contribution in [0, 0.1) is 0 Å². The van der Waals surface area contributed by atoms with E-state index in [0.29, 0.717) is 29.9 Å². The quantitative estimate of drug-likeness (QED) is 0.841. The summed E-state index contributed by atoms with van der Waals surface area (Å²) in [4.78, 5) is 15.0. The molecule has 1 saturated heterocycles. The first-order valence-electron chi connectivity index (χ1n) is 9.22. The average molecular weight is 392 g/mol. The van der Waals surface area contributed by atoms with E-state index in [4.69, 9.17) is 4.74 Å². The van der Waals surface area contributed by atoms with E-state index >= 15 is 0 Å². The number of carbonyl (C=O) groups is 1. The zero-order chi connectivity index (χ0) is 20.1. The first kappa shape index (κ1) is 20.4. The Kier molecular flexibility index (Phi) is 6.36. The Labute approximate surface area is 162 Å². The summed E-state index contributed by atoms with van der Waals surface area (Å²) in [5, 5.41) is 2.99. The van der Waals surface area contributed by atoms with Gasteiger partial charge in [-0.25, -0.2) is 0 Å². The summed E-state index contributed by atoms with van der Waals surface area (Å²) < 4.78 is 43.7. The van der Waals surface area contributed by atoms with Gasteiger partial charge in [0, 0.05) is 31.2 Å². The highest BCUT2D eigenvalue weighted by atomic mass is 19.4. The van der Waals surface area contributed by atoms with Crippen molar-refractivity contribution in [2.75, 3.05) is 32.8 Å². The highest BCUT2D eigenvalue weighted by Gasteiger charge is 2.30. The Bertz CT molecular complexity index is 800. The first-order valence-corrected chi connectivity index (χ1v) is 9.22. The highest BCUT2D eigenvalue weighted by molar-refractivity contribution is 6.01. The third-order valence-corrected chi connectivity index (χ3v) is 4.71. The lowest BCUT2D eigenvalue weighted by Crippen LogP contribution is -2.46. The molecule has 1 aliphatic rings. The molecule has 0 saturated carbocycles. The molecule has 4 nitrogen and oxygen atoms in total. The maximum atomic E-state index is 12.8. The lowest BCUT2D eigenvalue weighted by molar-refractivity contribution is -0.137. The second kappa shape index (κ2) is 8.75. The van der Waals surface area contributed by atoms with Gasteiger partial charge in [0.25, 0.3) is 5.91 Å². The van der Waals surface area contributed by atoms with Crippen molar-refractivity contribution in [3.63, 3.8) is 0 Å². The Morgan fingerprint density at radius 1 is 1.11 bits per heavy atom. The lowest BCUT2D eigenvalue weighted by atomic mass is 9.98. The predicted molar refractivity (Wildman–Crippen MR) is 101 cm³/mol. The molecule has 7 heteroatoms. The number of hydrogen-bond donors (Lipinski definition) is 1. The van der Waals surface area contributed by atoms with E-state index < -0.39 is 11.7 Å². The summed E-state index contributed by atoms with van der Waals surface area (Å²) in [6.45, 7) is 5.71. The van der Waals surface area contributed by atoms with E-state index in [1.165, 1.54) is 12.1 Å². The molecule has 0 bridgehead atoms. The summed E-state index contributed by atoms with van der Waals surface area (Å²) in [6, 6.07) is 11.7. The second-order valence-corrected chi connectivity index (χ2v) is 6.91. The number of benzene rings is 2. The molecule has 0 aromatic heterocycles. The molecule has 28 heavy (non-hydrogen) atoms. The molecule has 1 fully saturated rings. The van der Waals surface area contributed by atoms with Crippen LogP contribution >= 0.6 is 0 Å². The van der Waals surface area contributed by atoms with Crippen LogP contribution in [0.1, 0.15) is 22.8 Å². The summed E-state index contributed by atoms with van der Waals surface area (Å²) in [6.07, 6.45) is -4.38. The van der Waals surface area contributed by atoms with Crippen LogP contribution in [-0.4, -0.2) is 49.7 Å². The summed E-state index contributed by atoms with van der Waals surface area (Å²) in [5.74, 6) is -0.240. The molecule has 0 spiro atoms. The standard InChI is InChI=1S/C21H23F3N2O2/c1-15(14-26-10-12-28-13-11-26)25-20(27)19-5-3-2-4-18(19)16-6-8-17(9-7-16)21(22,23)24/h2-9,15H,10-14H2,1H3,(H,25,27). The third kappa shape index (κ3) is 5.11. The molecule has 2 aromatic carbocycles. The van der Waals surface area contributed by atoms with E-state index in [1.807, 2.05) is 6.92 Å². The zero-order valence-electron chi connectivity index (χ0n) is 15.6. The van der Waals surface area contributed by atoms with E-state index in [-0.39, 0.29) is 11.9 Å². The highest BCUT2D eigenvalue weighted by Crippen LogP contribution is 2.31. The predicted octanol–water partition coefficient (Wildman–Crippen LogP) is 3.82. The van der Waals surface area contributed by atoms with Gasteiger partial charge < -0.3 is 10.1 Å². The maximum Gasteiger partial charge on any atom is 0.416 e. The third-order valence-electron chi connectivity index (χ3n) is 4.71. The topological polar surface area (TPSA) is 41.6 Å². The zero-order valence-corrected chi connectivity index (χ0v) is 15.6. The molecule has 1 unspecified atom stereocenters. The SMILES string of the molecule is CC(CN1CCOCC1)NC(=O)c1ccccc1-c1ccc(C(F)(F)F)cc1. The fourth-order valence-electron chi connectivity index (χ4n) is 3.29. The van der Waals surface area contributed by atoms with Crippen LogP contribution in [-0.2, 0) is 10.9 Å². The van der Waals surface area contributed by atoms with Gasteiger partial charge in [-0.3, -0.25) is 9.69 Å². The molecular formula is C21H23F3N2O2. The van der Waals surface area contributed by atoms with Gasteiger partial charge >= 0.3 is 6.18 Å². The monoisotopic (exact) mass is 392 g/mol. The van der Waals surface area contributed by atoms with Gasteiger partial charge in [0.1, 0.15) is 0 Å². The van der Waals surface area contributed by atoms with E-state index in [9.17, 15) is 18.0 Å². The van der Waals surface area contributed by atoms with E-state index in [0.717, 1.165) is 31.8 Å².